The number of hydrogen-bond acceptors (Lipinski definition) is 4. The van der Waals surface area contributed by atoms with E-state index >= 15 is 0 Å². The third-order valence-corrected chi connectivity index (χ3v) is 5.12. The molecule has 1 fully saturated rings. The summed E-state index contributed by atoms with van der Waals surface area (Å²) in [5.41, 5.74) is 9.16. The maximum Gasteiger partial charge on any atom is 0.258 e. The molecule has 3 N–H and O–H groups in total. The van der Waals surface area contributed by atoms with Crippen LogP contribution in [0.2, 0.25) is 0 Å². The van der Waals surface area contributed by atoms with Gasteiger partial charge in [-0.25, -0.2) is 9.37 Å². The summed E-state index contributed by atoms with van der Waals surface area (Å²) >= 11 is 0. The van der Waals surface area contributed by atoms with Gasteiger partial charge < -0.3 is 11.1 Å². The number of halogens is 1. The van der Waals surface area contributed by atoms with E-state index in [2.05, 4.69) is 15.3 Å². The lowest BCUT2D eigenvalue weighted by Gasteiger charge is -2.11. The molecule has 3 aromatic rings. The Labute approximate surface area is 162 Å². The lowest BCUT2D eigenvalue weighted by molar-refractivity contribution is 0.102. The van der Waals surface area contributed by atoms with Crippen LogP contribution in [0, 0.1) is 5.82 Å². The van der Waals surface area contributed by atoms with Gasteiger partial charge in [0.2, 0.25) is 0 Å². The second-order valence-corrected chi connectivity index (χ2v) is 7.05. The molecule has 1 aromatic carbocycles. The zero-order chi connectivity index (χ0) is 19.5. The second kappa shape index (κ2) is 7.76. The molecule has 1 aliphatic rings. The van der Waals surface area contributed by atoms with Gasteiger partial charge >= 0.3 is 0 Å². The summed E-state index contributed by atoms with van der Waals surface area (Å²) in [5.74, 6) is 0.135. The fraction of sp³-hybridized carbons (Fsp3) is 0.227. The lowest BCUT2D eigenvalue weighted by atomic mass is 10.0. The lowest BCUT2D eigenvalue weighted by Crippen LogP contribution is -2.15. The first-order valence-corrected chi connectivity index (χ1v) is 9.40. The number of nitrogens with two attached hydrogens (primary N) is 1. The Kier molecular flexibility index (Phi) is 5.02. The first kappa shape index (κ1) is 18.1. The molecule has 0 bridgehead atoms. The number of rotatable bonds is 4. The molecule has 1 aliphatic carbocycles. The van der Waals surface area contributed by atoms with Gasteiger partial charge in [0.05, 0.1) is 16.9 Å². The fourth-order valence-corrected chi connectivity index (χ4v) is 3.53. The molecule has 6 heteroatoms. The number of carbonyl (C=O) groups is 1. The van der Waals surface area contributed by atoms with Crippen molar-refractivity contribution in [1.29, 1.82) is 0 Å². The van der Waals surface area contributed by atoms with E-state index in [0.717, 1.165) is 24.1 Å². The van der Waals surface area contributed by atoms with Crippen LogP contribution in [0.1, 0.15) is 47.7 Å². The van der Waals surface area contributed by atoms with Crippen molar-refractivity contribution in [1.82, 2.24) is 9.97 Å². The van der Waals surface area contributed by atoms with Crippen LogP contribution in [0.5, 0.6) is 0 Å². The number of nitrogen functional groups attached to an aromatic ring is 1. The van der Waals surface area contributed by atoms with E-state index in [1.54, 1.807) is 36.5 Å². The van der Waals surface area contributed by atoms with Crippen molar-refractivity contribution in [2.75, 3.05) is 11.1 Å². The summed E-state index contributed by atoms with van der Waals surface area (Å²) in [6, 6.07) is 13.1. The van der Waals surface area contributed by atoms with E-state index in [1.165, 1.54) is 25.0 Å². The summed E-state index contributed by atoms with van der Waals surface area (Å²) in [7, 11) is 0. The highest BCUT2D eigenvalue weighted by atomic mass is 19.1. The number of hydrogen-bond donors (Lipinski definition) is 2. The number of amides is 1. The van der Waals surface area contributed by atoms with Crippen LogP contribution in [0.3, 0.4) is 0 Å². The van der Waals surface area contributed by atoms with Crippen LogP contribution in [0.4, 0.5) is 15.9 Å². The zero-order valence-electron chi connectivity index (χ0n) is 15.4. The highest BCUT2D eigenvalue weighted by Crippen LogP contribution is 2.32. The quantitative estimate of drug-likeness (QED) is 0.687. The van der Waals surface area contributed by atoms with Gasteiger partial charge in [-0.15, -0.1) is 0 Å². The van der Waals surface area contributed by atoms with Gasteiger partial charge in [0.1, 0.15) is 5.82 Å². The molecule has 0 saturated heterocycles. The Morgan fingerprint density at radius 2 is 1.79 bits per heavy atom. The Bertz CT molecular complexity index is 980. The van der Waals surface area contributed by atoms with Crippen molar-refractivity contribution in [2.24, 2.45) is 0 Å². The SMILES string of the molecule is Nc1ccc(-c2ccc(F)cc2)nc1NC(=O)c1ccc(C2CCCC2)nc1. The number of benzene rings is 1. The Hall–Kier alpha value is -3.28. The topological polar surface area (TPSA) is 80.9 Å². The molecule has 28 heavy (non-hydrogen) atoms. The maximum atomic E-state index is 13.1. The van der Waals surface area contributed by atoms with Crippen molar-refractivity contribution < 1.29 is 9.18 Å². The number of aromatic nitrogens is 2. The monoisotopic (exact) mass is 376 g/mol. The van der Waals surface area contributed by atoms with Gasteiger partial charge in [-0.3, -0.25) is 9.78 Å². The van der Waals surface area contributed by atoms with E-state index in [9.17, 15) is 9.18 Å². The molecular weight excluding hydrogens is 355 g/mol. The number of carbonyl (C=O) groups excluding carboxylic acids is 1. The third-order valence-electron chi connectivity index (χ3n) is 5.12. The summed E-state index contributed by atoms with van der Waals surface area (Å²) in [6.45, 7) is 0. The van der Waals surface area contributed by atoms with Crippen LogP contribution in [0.25, 0.3) is 11.3 Å². The van der Waals surface area contributed by atoms with Crippen molar-refractivity contribution in [3.8, 4) is 11.3 Å². The number of nitrogens with zero attached hydrogens (tertiary/aromatic N) is 2. The first-order chi connectivity index (χ1) is 13.6. The molecule has 2 heterocycles. The largest absolute Gasteiger partial charge is 0.396 e. The average Bonchev–Trinajstić information content (AvgIpc) is 3.25. The minimum absolute atomic E-state index is 0.270. The van der Waals surface area contributed by atoms with Crippen LogP contribution in [0.15, 0.2) is 54.7 Å². The molecule has 1 saturated carbocycles. The Morgan fingerprint density at radius 3 is 2.46 bits per heavy atom. The van der Waals surface area contributed by atoms with Gasteiger partial charge in [0, 0.05) is 23.4 Å². The molecule has 5 nitrogen and oxygen atoms in total. The fourth-order valence-electron chi connectivity index (χ4n) is 3.53. The third kappa shape index (κ3) is 3.86. The Balaban J connectivity index is 1.52. The summed E-state index contributed by atoms with van der Waals surface area (Å²) in [5, 5.41) is 2.75. The molecule has 0 spiro atoms. The van der Waals surface area contributed by atoms with Crippen LogP contribution >= 0.6 is 0 Å². The van der Waals surface area contributed by atoms with Gasteiger partial charge in [0.25, 0.3) is 5.91 Å². The van der Waals surface area contributed by atoms with Crippen molar-refractivity contribution in [3.05, 3.63) is 71.8 Å². The molecule has 4 rings (SSSR count). The second-order valence-electron chi connectivity index (χ2n) is 7.05. The summed E-state index contributed by atoms with van der Waals surface area (Å²) < 4.78 is 13.1. The predicted molar refractivity (Wildman–Crippen MR) is 107 cm³/mol. The normalized spacial score (nSPS) is 14.2. The van der Waals surface area contributed by atoms with Gasteiger partial charge in [-0.2, -0.15) is 0 Å². The highest BCUT2D eigenvalue weighted by molar-refractivity contribution is 6.05. The van der Waals surface area contributed by atoms with E-state index in [0.29, 0.717) is 22.9 Å². The zero-order valence-corrected chi connectivity index (χ0v) is 15.4. The minimum atomic E-state index is -0.319. The Morgan fingerprint density at radius 1 is 1.04 bits per heavy atom. The van der Waals surface area contributed by atoms with Gasteiger partial charge in [0.15, 0.2) is 5.82 Å². The van der Waals surface area contributed by atoms with Gasteiger partial charge in [-0.1, -0.05) is 12.8 Å². The predicted octanol–water partition coefficient (Wildman–Crippen LogP) is 4.77. The number of anilines is 2. The minimum Gasteiger partial charge on any atom is -0.396 e. The standard InChI is InChI=1S/C22H21FN4O/c23-17-8-5-15(6-9-17)20-12-10-18(24)21(26-20)27-22(28)16-7-11-19(25-13-16)14-3-1-2-4-14/h5-14H,1-4,24H2,(H,26,27,28). The molecular formula is C22H21FN4O. The van der Waals surface area contributed by atoms with Crippen molar-refractivity contribution in [3.63, 3.8) is 0 Å². The molecule has 2 aromatic heterocycles. The van der Waals surface area contributed by atoms with E-state index < -0.39 is 0 Å². The van der Waals surface area contributed by atoms with E-state index in [4.69, 9.17) is 5.73 Å². The molecule has 0 unspecified atom stereocenters. The molecule has 0 radical (unpaired) electrons. The summed E-state index contributed by atoms with van der Waals surface area (Å²) in [4.78, 5) is 21.5. The molecule has 0 atom stereocenters. The molecule has 1 amide bonds. The summed E-state index contributed by atoms with van der Waals surface area (Å²) in [6.07, 6.45) is 6.40. The smallest absolute Gasteiger partial charge is 0.258 e. The maximum absolute atomic E-state index is 13.1. The van der Waals surface area contributed by atoms with Gasteiger partial charge in [-0.05, 0) is 61.4 Å². The number of nitrogens with one attached hydrogen (secondary N) is 1. The first-order valence-electron chi connectivity index (χ1n) is 9.40. The van der Waals surface area contributed by atoms with E-state index in [-0.39, 0.29) is 17.5 Å². The van der Waals surface area contributed by atoms with Crippen molar-refractivity contribution in [2.45, 2.75) is 31.6 Å². The average molecular weight is 376 g/mol. The highest BCUT2D eigenvalue weighted by Gasteiger charge is 2.19. The van der Waals surface area contributed by atoms with Crippen LogP contribution in [-0.4, -0.2) is 15.9 Å². The van der Waals surface area contributed by atoms with Crippen molar-refractivity contribution >= 4 is 17.4 Å². The molecule has 0 aliphatic heterocycles. The van der Waals surface area contributed by atoms with E-state index in [1.807, 2.05) is 6.07 Å². The number of pyridine rings is 2. The van der Waals surface area contributed by atoms with Crippen LogP contribution < -0.4 is 11.1 Å². The van der Waals surface area contributed by atoms with Crippen LogP contribution in [-0.2, 0) is 0 Å². The molecule has 142 valence electrons.